The minimum atomic E-state index is -3.09. The Bertz CT molecular complexity index is 557. The van der Waals surface area contributed by atoms with E-state index in [0.717, 1.165) is 31.0 Å². The molecule has 1 saturated heterocycles. The molecule has 0 spiro atoms. The number of alkyl halides is 2. The van der Waals surface area contributed by atoms with Gasteiger partial charge in [0.05, 0.1) is 18.3 Å². The number of carbonyl (C=O) groups is 1. The van der Waals surface area contributed by atoms with Crippen molar-refractivity contribution in [2.75, 3.05) is 18.5 Å². The zero-order chi connectivity index (χ0) is 17.0. The van der Waals surface area contributed by atoms with E-state index in [9.17, 15) is 23.1 Å². The molecule has 2 amide bonds. The summed E-state index contributed by atoms with van der Waals surface area (Å²) in [5.74, 6) is -0.892. The topological polar surface area (TPSA) is 61.8 Å². The first kappa shape index (κ1) is 17.4. The van der Waals surface area contributed by atoms with Gasteiger partial charge in [0.1, 0.15) is 11.6 Å². The van der Waals surface area contributed by atoms with Gasteiger partial charge in [0, 0.05) is 12.6 Å². The predicted octanol–water partition coefficient (Wildman–Crippen LogP) is 3.05. The van der Waals surface area contributed by atoms with Crippen LogP contribution < -0.4 is 10.1 Å². The van der Waals surface area contributed by atoms with Crippen molar-refractivity contribution in [3.63, 3.8) is 0 Å². The fourth-order valence-electron chi connectivity index (χ4n) is 2.77. The van der Waals surface area contributed by atoms with Crippen LogP contribution >= 0.6 is 0 Å². The lowest BCUT2D eigenvalue weighted by Crippen LogP contribution is -2.51. The molecule has 0 saturated carbocycles. The number of hydrogen-bond acceptors (Lipinski definition) is 3. The van der Waals surface area contributed by atoms with Gasteiger partial charge in [0.2, 0.25) is 0 Å². The highest BCUT2D eigenvalue weighted by atomic mass is 19.3. The van der Waals surface area contributed by atoms with Gasteiger partial charge in [-0.2, -0.15) is 8.78 Å². The number of nitrogens with zero attached hydrogens (tertiary/aromatic N) is 1. The van der Waals surface area contributed by atoms with Crippen molar-refractivity contribution in [3.8, 4) is 5.75 Å². The van der Waals surface area contributed by atoms with Crippen molar-refractivity contribution in [2.45, 2.75) is 32.4 Å². The number of nitrogens with one attached hydrogen (secondary N) is 1. The molecule has 2 atom stereocenters. The van der Waals surface area contributed by atoms with Gasteiger partial charge in [-0.3, -0.25) is 0 Å². The maximum Gasteiger partial charge on any atom is 0.387 e. The Morgan fingerprint density at radius 1 is 1.52 bits per heavy atom. The lowest BCUT2D eigenvalue weighted by atomic mass is 9.91. The van der Waals surface area contributed by atoms with E-state index in [2.05, 4.69) is 10.1 Å². The van der Waals surface area contributed by atoms with Crippen LogP contribution in [0.2, 0.25) is 0 Å². The van der Waals surface area contributed by atoms with Crippen molar-refractivity contribution in [2.24, 2.45) is 5.92 Å². The van der Waals surface area contributed by atoms with E-state index in [-0.39, 0.29) is 30.0 Å². The van der Waals surface area contributed by atoms with E-state index < -0.39 is 18.5 Å². The number of amides is 2. The second kappa shape index (κ2) is 7.54. The maximum atomic E-state index is 13.3. The van der Waals surface area contributed by atoms with Crippen molar-refractivity contribution < 1.29 is 27.8 Å². The Morgan fingerprint density at radius 2 is 2.26 bits per heavy atom. The molecular weight excluding hydrogens is 313 g/mol. The summed E-state index contributed by atoms with van der Waals surface area (Å²) in [6.45, 7) is -0.926. The first-order valence-corrected chi connectivity index (χ1v) is 7.35. The molecule has 0 aliphatic carbocycles. The number of aliphatic hydroxyl groups is 1. The van der Waals surface area contributed by atoms with Gasteiger partial charge in [-0.25, -0.2) is 9.18 Å². The second-order valence-corrected chi connectivity index (χ2v) is 5.51. The average Bonchev–Trinajstić information content (AvgIpc) is 2.49. The average molecular weight is 332 g/mol. The summed E-state index contributed by atoms with van der Waals surface area (Å²) in [5.41, 5.74) is -0.176. The van der Waals surface area contributed by atoms with Crippen LogP contribution in [-0.4, -0.2) is 41.8 Å². The number of aliphatic hydroxyl groups excluding tert-OH is 1. The van der Waals surface area contributed by atoms with E-state index in [4.69, 9.17) is 0 Å². The van der Waals surface area contributed by atoms with E-state index in [0.29, 0.717) is 6.54 Å². The molecule has 0 aromatic heterocycles. The first-order chi connectivity index (χ1) is 10.9. The number of hydrogen-bond donors (Lipinski definition) is 2. The molecule has 128 valence electrons. The van der Waals surface area contributed by atoms with E-state index in [1.807, 2.05) is 6.92 Å². The molecule has 0 radical (unpaired) electrons. The minimum Gasteiger partial charge on any atom is -0.433 e. The van der Waals surface area contributed by atoms with Crippen LogP contribution in [0.25, 0.3) is 0 Å². The van der Waals surface area contributed by atoms with Crippen molar-refractivity contribution >= 4 is 11.7 Å². The highest BCUT2D eigenvalue weighted by Gasteiger charge is 2.31. The fraction of sp³-hybridized carbons (Fsp3) is 0.533. The standard InChI is InChI=1S/C15H19F3N2O3/c1-9-3-2-6-20(12(9)8-21)15(22)19-11-7-10(16)4-5-13(11)23-14(17)18/h4-5,7,9,12,14,21H,2-3,6,8H2,1H3,(H,19,22). The molecule has 2 N–H and O–H groups in total. The number of ether oxygens (including phenoxy) is 1. The Morgan fingerprint density at radius 3 is 2.91 bits per heavy atom. The summed E-state index contributed by atoms with van der Waals surface area (Å²) in [4.78, 5) is 13.8. The molecule has 0 bridgehead atoms. The third-order valence-electron chi connectivity index (χ3n) is 3.96. The molecule has 1 aromatic carbocycles. The first-order valence-electron chi connectivity index (χ1n) is 7.35. The maximum absolute atomic E-state index is 13.3. The van der Waals surface area contributed by atoms with E-state index in [1.165, 1.54) is 4.90 Å². The van der Waals surface area contributed by atoms with Crippen LogP contribution in [0, 0.1) is 11.7 Å². The van der Waals surface area contributed by atoms with Crippen LogP contribution in [0.5, 0.6) is 5.75 Å². The highest BCUT2D eigenvalue weighted by Crippen LogP contribution is 2.29. The fourth-order valence-corrected chi connectivity index (χ4v) is 2.77. The van der Waals surface area contributed by atoms with Gasteiger partial charge >= 0.3 is 12.6 Å². The van der Waals surface area contributed by atoms with Crippen molar-refractivity contribution in [1.29, 1.82) is 0 Å². The monoisotopic (exact) mass is 332 g/mol. The summed E-state index contributed by atoms with van der Waals surface area (Å²) >= 11 is 0. The second-order valence-electron chi connectivity index (χ2n) is 5.51. The summed E-state index contributed by atoms with van der Waals surface area (Å²) in [7, 11) is 0. The smallest absolute Gasteiger partial charge is 0.387 e. The Kier molecular flexibility index (Phi) is 5.70. The number of benzene rings is 1. The Labute approximate surface area is 132 Å². The molecule has 8 heteroatoms. The van der Waals surface area contributed by atoms with Crippen LogP contribution in [0.4, 0.5) is 23.7 Å². The van der Waals surface area contributed by atoms with Gasteiger partial charge in [-0.1, -0.05) is 6.92 Å². The zero-order valence-corrected chi connectivity index (χ0v) is 12.6. The Hall–Kier alpha value is -1.96. The summed E-state index contributed by atoms with van der Waals surface area (Å²) in [6, 6.07) is 1.96. The molecule has 1 aromatic rings. The summed E-state index contributed by atoms with van der Waals surface area (Å²) < 4.78 is 42.4. The molecule has 1 aliphatic heterocycles. The molecule has 1 aliphatic rings. The van der Waals surface area contributed by atoms with Gasteiger partial charge in [0.15, 0.2) is 0 Å². The lowest BCUT2D eigenvalue weighted by molar-refractivity contribution is -0.0494. The van der Waals surface area contributed by atoms with E-state index in [1.54, 1.807) is 0 Å². The SMILES string of the molecule is CC1CCCN(C(=O)Nc2cc(F)ccc2OC(F)F)C1CO. The largest absolute Gasteiger partial charge is 0.433 e. The molecule has 2 unspecified atom stereocenters. The van der Waals surface area contributed by atoms with Gasteiger partial charge < -0.3 is 20.1 Å². The molecule has 23 heavy (non-hydrogen) atoms. The van der Waals surface area contributed by atoms with Gasteiger partial charge in [-0.05, 0) is 30.9 Å². The Balaban J connectivity index is 2.17. The third kappa shape index (κ3) is 4.28. The minimum absolute atomic E-state index is 0.115. The zero-order valence-electron chi connectivity index (χ0n) is 12.6. The number of urea groups is 1. The lowest BCUT2D eigenvalue weighted by Gasteiger charge is -2.38. The molecule has 1 heterocycles. The highest BCUT2D eigenvalue weighted by molar-refractivity contribution is 5.91. The quantitative estimate of drug-likeness (QED) is 0.891. The molecule has 1 fully saturated rings. The van der Waals surface area contributed by atoms with E-state index >= 15 is 0 Å². The van der Waals surface area contributed by atoms with Crippen molar-refractivity contribution in [3.05, 3.63) is 24.0 Å². The van der Waals surface area contributed by atoms with Crippen LogP contribution in [0.1, 0.15) is 19.8 Å². The third-order valence-corrected chi connectivity index (χ3v) is 3.96. The molecular formula is C15H19F3N2O3. The normalized spacial score (nSPS) is 21.4. The number of carbonyl (C=O) groups excluding carboxylic acids is 1. The predicted molar refractivity (Wildman–Crippen MR) is 78.0 cm³/mol. The van der Waals surface area contributed by atoms with Crippen LogP contribution in [-0.2, 0) is 0 Å². The van der Waals surface area contributed by atoms with Crippen LogP contribution in [0.3, 0.4) is 0 Å². The number of anilines is 1. The van der Waals surface area contributed by atoms with Crippen LogP contribution in [0.15, 0.2) is 18.2 Å². The number of likely N-dealkylation sites (tertiary alicyclic amines) is 1. The van der Waals surface area contributed by atoms with Gasteiger partial charge in [-0.15, -0.1) is 0 Å². The number of rotatable bonds is 4. The van der Waals surface area contributed by atoms with Gasteiger partial charge in [0.25, 0.3) is 0 Å². The summed E-state index contributed by atoms with van der Waals surface area (Å²) in [6.07, 6.45) is 1.66. The molecule has 5 nitrogen and oxygen atoms in total. The molecule has 2 rings (SSSR count). The number of halogens is 3. The van der Waals surface area contributed by atoms with Crippen molar-refractivity contribution in [1.82, 2.24) is 4.90 Å². The number of piperidine rings is 1. The summed E-state index contributed by atoms with van der Waals surface area (Å²) in [5, 5.41) is 11.8.